The van der Waals surface area contributed by atoms with Gasteiger partial charge in [-0.1, -0.05) is 24.3 Å². The van der Waals surface area contributed by atoms with E-state index in [9.17, 15) is 9.18 Å². The van der Waals surface area contributed by atoms with Gasteiger partial charge in [-0.15, -0.1) is 0 Å². The summed E-state index contributed by atoms with van der Waals surface area (Å²) in [6.45, 7) is 1.78. The van der Waals surface area contributed by atoms with Crippen molar-refractivity contribution in [3.8, 4) is 0 Å². The molecule has 0 fully saturated rings. The second kappa shape index (κ2) is 6.96. The lowest BCUT2D eigenvalue weighted by Crippen LogP contribution is -2.30. The molecule has 1 aromatic heterocycles. The van der Waals surface area contributed by atoms with Crippen LogP contribution in [-0.2, 0) is 13.0 Å². The van der Waals surface area contributed by atoms with Crippen molar-refractivity contribution in [1.29, 1.82) is 0 Å². The number of hydrogen-bond donors (Lipinski definition) is 1. The van der Waals surface area contributed by atoms with Gasteiger partial charge in [0.15, 0.2) is 0 Å². The minimum absolute atomic E-state index is 0.313. The zero-order valence-corrected chi connectivity index (χ0v) is 14.2. The Bertz CT molecular complexity index is 923. The second-order valence-corrected chi connectivity index (χ2v) is 6.30. The molecule has 3 aromatic rings. The molecule has 0 saturated heterocycles. The molecule has 0 saturated carbocycles. The number of aromatic nitrogens is 1. The van der Waals surface area contributed by atoms with Crippen LogP contribution in [0.2, 0.25) is 0 Å². The molecule has 0 unspecified atom stereocenters. The Morgan fingerprint density at radius 3 is 2.50 bits per heavy atom. The van der Waals surface area contributed by atoms with Crippen LogP contribution in [0.4, 0.5) is 15.8 Å². The maximum Gasteiger partial charge on any atom is 0.274 e. The molecule has 2 heterocycles. The Kier molecular flexibility index (Phi) is 4.35. The number of halogens is 1. The number of pyridine rings is 1. The van der Waals surface area contributed by atoms with Crippen molar-refractivity contribution in [3.63, 3.8) is 0 Å². The van der Waals surface area contributed by atoms with Crippen molar-refractivity contribution in [3.05, 3.63) is 89.5 Å². The molecule has 0 spiro atoms. The molecule has 2 aromatic carbocycles. The number of carbonyl (C=O) groups excluding carboxylic acids is 1. The van der Waals surface area contributed by atoms with Gasteiger partial charge in [0.1, 0.15) is 11.5 Å². The number of fused-ring (bicyclic) bond motifs is 1. The first-order valence-corrected chi connectivity index (χ1v) is 8.54. The fourth-order valence-electron chi connectivity index (χ4n) is 3.15. The Morgan fingerprint density at radius 1 is 1.00 bits per heavy atom. The molecule has 0 aliphatic carbocycles. The summed E-state index contributed by atoms with van der Waals surface area (Å²) in [5.74, 6) is -0.652. The summed E-state index contributed by atoms with van der Waals surface area (Å²) in [5, 5.41) is 2.72. The maximum absolute atomic E-state index is 12.9. The van der Waals surface area contributed by atoms with Gasteiger partial charge in [0.2, 0.25) is 0 Å². The minimum Gasteiger partial charge on any atom is -0.366 e. The lowest BCUT2D eigenvalue weighted by atomic mass is 10.00. The van der Waals surface area contributed by atoms with Gasteiger partial charge in [-0.3, -0.25) is 4.79 Å². The van der Waals surface area contributed by atoms with Crippen LogP contribution in [0.5, 0.6) is 0 Å². The fraction of sp³-hybridized carbons (Fsp3) is 0.143. The van der Waals surface area contributed by atoms with Gasteiger partial charge in [0.05, 0.1) is 11.9 Å². The Morgan fingerprint density at radius 2 is 1.77 bits per heavy atom. The Hall–Kier alpha value is -3.21. The van der Waals surface area contributed by atoms with Crippen molar-refractivity contribution in [2.75, 3.05) is 16.8 Å². The molecule has 26 heavy (non-hydrogen) atoms. The molecule has 4 rings (SSSR count). The molecular weight excluding hydrogens is 329 g/mol. The predicted molar refractivity (Wildman–Crippen MR) is 99.8 cm³/mol. The van der Waals surface area contributed by atoms with Gasteiger partial charge >= 0.3 is 0 Å². The molecule has 1 aliphatic heterocycles. The van der Waals surface area contributed by atoms with Gasteiger partial charge < -0.3 is 10.2 Å². The highest BCUT2D eigenvalue weighted by atomic mass is 19.1. The van der Waals surface area contributed by atoms with E-state index < -0.39 is 0 Å². The molecule has 1 aliphatic rings. The highest BCUT2D eigenvalue weighted by molar-refractivity contribution is 6.02. The average Bonchev–Trinajstić information content (AvgIpc) is 2.69. The standard InChI is InChI=1S/C21H18FN3O/c22-17-5-7-18(8-6-17)24-21(26)20-10-9-19(13-23-20)25-12-11-15-3-1-2-4-16(15)14-25/h1-10,13H,11-12,14H2,(H,24,26). The van der Waals surface area contributed by atoms with Crippen molar-refractivity contribution in [2.45, 2.75) is 13.0 Å². The number of amides is 1. The lowest BCUT2D eigenvalue weighted by molar-refractivity contribution is 0.102. The fourth-order valence-corrected chi connectivity index (χ4v) is 3.15. The molecule has 5 heteroatoms. The van der Waals surface area contributed by atoms with E-state index in [-0.39, 0.29) is 11.7 Å². The van der Waals surface area contributed by atoms with Crippen molar-refractivity contribution in [2.24, 2.45) is 0 Å². The largest absolute Gasteiger partial charge is 0.366 e. The molecule has 0 bridgehead atoms. The van der Waals surface area contributed by atoms with Crippen molar-refractivity contribution >= 4 is 17.3 Å². The van der Waals surface area contributed by atoms with Gasteiger partial charge in [0, 0.05) is 18.8 Å². The smallest absolute Gasteiger partial charge is 0.274 e. The summed E-state index contributed by atoms with van der Waals surface area (Å²) >= 11 is 0. The van der Waals surface area contributed by atoms with Crippen LogP contribution < -0.4 is 10.2 Å². The summed E-state index contributed by atoms with van der Waals surface area (Å²) < 4.78 is 12.9. The van der Waals surface area contributed by atoms with Gasteiger partial charge in [-0.05, 0) is 53.9 Å². The topological polar surface area (TPSA) is 45.2 Å². The van der Waals surface area contributed by atoms with E-state index in [1.165, 1.54) is 35.4 Å². The van der Waals surface area contributed by atoms with Gasteiger partial charge in [0.25, 0.3) is 5.91 Å². The summed E-state index contributed by atoms with van der Waals surface area (Å²) in [5.41, 5.74) is 4.59. The second-order valence-electron chi connectivity index (χ2n) is 6.30. The normalized spacial score (nSPS) is 13.2. The van der Waals surface area contributed by atoms with Crippen LogP contribution >= 0.6 is 0 Å². The van der Waals surface area contributed by atoms with Crippen LogP contribution in [0.15, 0.2) is 66.9 Å². The summed E-state index contributed by atoms with van der Waals surface area (Å²) in [6, 6.07) is 17.7. The number of anilines is 2. The first-order valence-electron chi connectivity index (χ1n) is 8.54. The summed E-state index contributed by atoms with van der Waals surface area (Å²) in [6.07, 6.45) is 2.73. The number of benzene rings is 2. The molecular formula is C21H18FN3O. The Labute approximate surface area is 151 Å². The zero-order chi connectivity index (χ0) is 17.9. The van der Waals surface area contributed by atoms with Crippen LogP contribution in [0.3, 0.4) is 0 Å². The van der Waals surface area contributed by atoms with Crippen LogP contribution in [0, 0.1) is 5.82 Å². The average molecular weight is 347 g/mol. The number of carbonyl (C=O) groups is 1. The summed E-state index contributed by atoms with van der Waals surface area (Å²) in [4.78, 5) is 18.8. The van der Waals surface area contributed by atoms with E-state index in [1.807, 2.05) is 6.07 Å². The van der Waals surface area contributed by atoms with Crippen molar-refractivity contribution in [1.82, 2.24) is 4.98 Å². The Balaban J connectivity index is 1.45. The zero-order valence-electron chi connectivity index (χ0n) is 14.2. The van der Waals surface area contributed by atoms with E-state index >= 15 is 0 Å². The highest BCUT2D eigenvalue weighted by Crippen LogP contribution is 2.24. The van der Waals surface area contributed by atoms with Crippen molar-refractivity contribution < 1.29 is 9.18 Å². The predicted octanol–water partition coefficient (Wildman–Crippen LogP) is 4.04. The molecule has 0 radical (unpaired) electrons. The number of hydrogen-bond acceptors (Lipinski definition) is 3. The quantitative estimate of drug-likeness (QED) is 0.778. The van der Waals surface area contributed by atoms with Crippen LogP contribution in [0.25, 0.3) is 0 Å². The lowest BCUT2D eigenvalue weighted by Gasteiger charge is -2.30. The molecule has 0 atom stereocenters. The monoisotopic (exact) mass is 347 g/mol. The highest BCUT2D eigenvalue weighted by Gasteiger charge is 2.17. The van der Waals surface area contributed by atoms with Crippen LogP contribution in [0.1, 0.15) is 21.6 Å². The van der Waals surface area contributed by atoms with E-state index in [0.717, 1.165) is 25.2 Å². The molecule has 1 N–H and O–H groups in total. The third kappa shape index (κ3) is 3.42. The third-order valence-corrected chi connectivity index (χ3v) is 4.58. The van der Waals surface area contributed by atoms with Gasteiger partial charge in [-0.25, -0.2) is 9.37 Å². The van der Waals surface area contributed by atoms with E-state index in [2.05, 4.69) is 39.5 Å². The maximum atomic E-state index is 12.9. The SMILES string of the molecule is O=C(Nc1ccc(F)cc1)c1ccc(N2CCc3ccccc3C2)cn1. The van der Waals surface area contributed by atoms with Gasteiger partial charge in [-0.2, -0.15) is 0 Å². The third-order valence-electron chi connectivity index (χ3n) is 4.58. The van der Waals surface area contributed by atoms with E-state index in [4.69, 9.17) is 0 Å². The number of rotatable bonds is 3. The van der Waals surface area contributed by atoms with Crippen LogP contribution in [-0.4, -0.2) is 17.4 Å². The number of nitrogens with zero attached hydrogens (tertiary/aromatic N) is 2. The number of nitrogens with one attached hydrogen (secondary N) is 1. The first-order chi connectivity index (χ1) is 12.7. The van der Waals surface area contributed by atoms with E-state index in [1.54, 1.807) is 12.3 Å². The van der Waals surface area contributed by atoms with E-state index in [0.29, 0.717) is 11.4 Å². The minimum atomic E-state index is -0.339. The molecule has 4 nitrogen and oxygen atoms in total. The first kappa shape index (κ1) is 16.3. The summed E-state index contributed by atoms with van der Waals surface area (Å²) in [7, 11) is 0. The molecule has 1 amide bonds. The molecule has 130 valence electrons.